The third-order valence-corrected chi connectivity index (χ3v) is 3.13. The van der Waals surface area contributed by atoms with E-state index in [4.69, 9.17) is 11.6 Å². The highest BCUT2D eigenvalue weighted by Gasteiger charge is 1.99. The van der Waals surface area contributed by atoms with Gasteiger partial charge in [-0.2, -0.15) is 5.10 Å². The molecule has 0 unspecified atom stereocenters. The van der Waals surface area contributed by atoms with Crippen molar-refractivity contribution in [3.63, 3.8) is 0 Å². The van der Waals surface area contributed by atoms with Crippen LogP contribution in [0.2, 0.25) is 5.02 Å². The van der Waals surface area contributed by atoms with Crippen molar-refractivity contribution in [1.82, 2.24) is 9.78 Å². The van der Waals surface area contributed by atoms with Gasteiger partial charge in [-0.1, -0.05) is 11.6 Å². The first kappa shape index (κ1) is 11.7. The quantitative estimate of drug-likeness (QED) is 0.861. The van der Waals surface area contributed by atoms with Crippen molar-refractivity contribution in [1.29, 1.82) is 0 Å². The molecule has 84 valence electrons. The number of hydrogen-bond acceptors (Lipinski definition) is 2. The Bertz CT molecular complexity index is 456. The van der Waals surface area contributed by atoms with E-state index < -0.39 is 0 Å². The van der Waals surface area contributed by atoms with Crippen molar-refractivity contribution in [2.75, 3.05) is 11.9 Å². The van der Waals surface area contributed by atoms with Crippen molar-refractivity contribution in [2.24, 2.45) is 0 Å². The Morgan fingerprint density at radius 2 is 2.31 bits per heavy atom. The molecule has 2 rings (SSSR count). The molecule has 0 aliphatic carbocycles. The molecule has 1 aromatic carbocycles. The summed E-state index contributed by atoms with van der Waals surface area (Å²) in [5.74, 6) is 0. The smallest absolute Gasteiger partial charge is 0.0648 e. The molecule has 0 spiro atoms. The van der Waals surface area contributed by atoms with Crippen molar-refractivity contribution in [3.05, 3.63) is 45.3 Å². The molecule has 0 saturated heterocycles. The number of anilines is 1. The zero-order valence-corrected chi connectivity index (χ0v) is 11.4. The van der Waals surface area contributed by atoms with Crippen molar-refractivity contribution >= 4 is 39.9 Å². The first-order valence-electron chi connectivity index (χ1n) is 4.92. The summed E-state index contributed by atoms with van der Waals surface area (Å²) in [5.41, 5.74) is 0.967. The number of halogens is 2. The van der Waals surface area contributed by atoms with Crippen LogP contribution in [-0.2, 0) is 6.54 Å². The third-order valence-electron chi connectivity index (χ3n) is 2.15. The van der Waals surface area contributed by atoms with E-state index in [9.17, 15) is 0 Å². The summed E-state index contributed by atoms with van der Waals surface area (Å²) in [6.45, 7) is 1.64. The zero-order chi connectivity index (χ0) is 11.4. The van der Waals surface area contributed by atoms with Gasteiger partial charge in [0.15, 0.2) is 0 Å². The topological polar surface area (TPSA) is 29.9 Å². The van der Waals surface area contributed by atoms with Gasteiger partial charge in [-0.25, -0.2) is 0 Å². The van der Waals surface area contributed by atoms with Crippen molar-refractivity contribution < 1.29 is 0 Å². The van der Waals surface area contributed by atoms with Gasteiger partial charge in [-0.15, -0.1) is 0 Å². The summed E-state index contributed by atoms with van der Waals surface area (Å²) in [6.07, 6.45) is 3.72. The van der Waals surface area contributed by atoms with Gasteiger partial charge >= 0.3 is 0 Å². The lowest BCUT2D eigenvalue weighted by molar-refractivity contribution is 0.638. The second-order valence-electron chi connectivity index (χ2n) is 3.32. The average molecular weight is 348 g/mol. The third kappa shape index (κ3) is 3.12. The molecule has 0 fully saturated rings. The Balaban J connectivity index is 1.90. The van der Waals surface area contributed by atoms with Crippen LogP contribution >= 0.6 is 34.2 Å². The minimum absolute atomic E-state index is 0.757. The Morgan fingerprint density at radius 3 is 3.00 bits per heavy atom. The normalized spacial score (nSPS) is 10.4. The molecule has 0 aliphatic heterocycles. The number of rotatable bonds is 4. The summed E-state index contributed by atoms with van der Waals surface area (Å²) >= 11 is 8.34. The minimum Gasteiger partial charge on any atom is -0.382 e. The van der Waals surface area contributed by atoms with E-state index >= 15 is 0 Å². The molecule has 0 bridgehead atoms. The van der Waals surface area contributed by atoms with Crippen molar-refractivity contribution in [2.45, 2.75) is 6.54 Å². The lowest BCUT2D eigenvalue weighted by Crippen LogP contribution is -2.10. The largest absolute Gasteiger partial charge is 0.382 e. The predicted molar refractivity (Wildman–Crippen MR) is 74.9 cm³/mol. The van der Waals surface area contributed by atoms with E-state index in [2.05, 4.69) is 33.0 Å². The van der Waals surface area contributed by atoms with Gasteiger partial charge in [-0.05, 0) is 46.9 Å². The van der Waals surface area contributed by atoms with Crippen molar-refractivity contribution in [3.8, 4) is 0 Å². The predicted octanol–water partition coefficient (Wildman–Crippen LogP) is 3.25. The van der Waals surface area contributed by atoms with Crippen LogP contribution in [0.5, 0.6) is 0 Å². The molecule has 16 heavy (non-hydrogen) atoms. The van der Waals surface area contributed by atoms with E-state index in [-0.39, 0.29) is 0 Å². The van der Waals surface area contributed by atoms with E-state index in [0.29, 0.717) is 0 Å². The van der Waals surface area contributed by atoms with Gasteiger partial charge in [0, 0.05) is 22.5 Å². The summed E-state index contributed by atoms with van der Waals surface area (Å²) in [7, 11) is 0. The van der Waals surface area contributed by atoms with Gasteiger partial charge < -0.3 is 5.32 Å². The molecule has 2 aromatic rings. The fourth-order valence-corrected chi connectivity index (χ4v) is 2.29. The Hall–Kier alpha value is -0.750. The molecular weight excluding hydrogens is 336 g/mol. The molecule has 3 nitrogen and oxygen atoms in total. The Labute approximate surface area is 113 Å². The molecule has 0 aliphatic rings. The lowest BCUT2D eigenvalue weighted by atomic mass is 10.3. The lowest BCUT2D eigenvalue weighted by Gasteiger charge is -2.08. The number of benzene rings is 1. The molecule has 5 heteroatoms. The van der Waals surface area contributed by atoms with E-state index in [1.165, 1.54) is 0 Å². The van der Waals surface area contributed by atoms with Crippen LogP contribution in [0.1, 0.15) is 0 Å². The fraction of sp³-hybridized carbons (Fsp3) is 0.182. The van der Waals surface area contributed by atoms with Crippen LogP contribution < -0.4 is 5.32 Å². The Kier molecular flexibility index (Phi) is 4.06. The van der Waals surface area contributed by atoms with Gasteiger partial charge in [0.1, 0.15) is 0 Å². The van der Waals surface area contributed by atoms with Crippen LogP contribution in [0.3, 0.4) is 0 Å². The number of hydrogen-bond donors (Lipinski definition) is 1. The highest BCUT2D eigenvalue weighted by Crippen LogP contribution is 2.23. The maximum atomic E-state index is 6.10. The second kappa shape index (κ2) is 5.54. The first-order valence-corrected chi connectivity index (χ1v) is 6.38. The fourth-order valence-electron chi connectivity index (χ4n) is 1.37. The SMILES string of the molecule is Clc1cc(I)ccc1NCCn1cccn1. The van der Waals surface area contributed by atoms with Gasteiger partial charge in [-0.3, -0.25) is 4.68 Å². The standard InChI is InChI=1S/C11H11ClIN3/c12-10-8-9(13)2-3-11(10)14-5-7-16-6-1-4-15-16/h1-4,6,8,14H,5,7H2. The van der Waals surface area contributed by atoms with E-state index in [0.717, 1.165) is 27.4 Å². The minimum atomic E-state index is 0.757. The summed E-state index contributed by atoms with van der Waals surface area (Å²) in [5, 5.41) is 8.17. The number of nitrogens with zero attached hydrogens (tertiary/aromatic N) is 2. The molecule has 0 amide bonds. The average Bonchev–Trinajstić information content (AvgIpc) is 2.74. The molecule has 0 saturated carbocycles. The van der Waals surface area contributed by atoms with Crippen LogP contribution in [-0.4, -0.2) is 16.3 Å². The monoisotopic (exact) mass is 347 g/mol. The molecule has 1 heterocycles. The second-order valence-corrected chi connectivity index (χ2v) is 4.97. The highest BCUT2D eigenvalue weighted by atomic mass is 127. The molecule has 0 atom stereocenters. The van der Waals surface area contributed by atoms with Crippen LogP contribution in [0, 0.1) is 3.57 Å². The van der Waals surface area contributed by atoms with Gasteiger partial charge in [0.05, 0.1) is 17.3 Å². The zero-order valence-electron chi connectivity index (χ0n) is 8.53. The van der Waals surface area contributed by atoms with Gasteiger partial charge in [0.2, 0.25) is 0 Å². The summed E-state index contributed by atoms with van der Waals surface area (Å²) in [4.78, 5) is 0. The van der Waals surface area contributed by atoms with Crippen LogP contribution in [0.4, 0.5) is 5.69 Å². The maximum absolute atomic E-state index is 6.10. The summed E-state index contributed by atoms with van der Waals surface area (Å²) in [6, 6.07) is 7.88. The Morgan fingerprint density at radius 1 is 1.44 bits per heavy atom. The van der Waals surface area contributed by atoms with E-state index in [1.807, 2.05) is 35.1 Å². The van der Waals surface area contributed by atoms with E-state index in [1.54, 1.807) is 6.20 Å². The summed E-state index contributed by atoms with van der Waals surface area (Å²) < 4.78 is 3.02. The molecule has 1 aromatic heterocycles. The van der Waals surface area contributed by atoms with Crippen LogP contribution in [0.25, 0.3) is 0 Å². The molecular formula is C11H11ClIN3. The van der Waals surface area contributed by atoms with Gasteiger partial charge in [0.25, 0.3) is 0 Å². The molecule has 0 radical (unpaired) electrons. The maximum Gasteiger partial charge on any atom is 0.0648 e. The van der Waals surface area contributed by atoms with Crippen LogP contribution in [0.15, 0.2) is 36.7 Å². The number of nitrogens with one attached hydrogen (secondary N) is 1. The highest BCUT2D eigenvalue weighted by molar-refractivity contribution is 14.1. The number of aromatic nitrogens is 2. The first-order chi connectivity index (χ1) is 7.75. The molecule has 1 N–H and O–H groups in total.